The molecular formula is C23H31F2NO4. The minimum atomic E-state index is -2.61. The molecule has 1 aromatic carbocycles. The molecule has 1 amide bonds. The van der Waals surface area contributed by atoms with Crippen molar-refractivity contribution in [3.8, 4) is 11.5 Å². The van der Waals surface area contributed by atoms with Crippen molar-refractivity contribution in [3.05, 3.63) is 23.8 Å². The van der Waals surface area contributed by atoms with Gasteiger partial charge in [-0.1, -0.05) is 6.07 Å². The summed E-state index contributed by atoms with van der Waals surface area (Å²) in [5.41, 5.74) is 1.07. The maximum atomic E-state index is 13.2. The first-order chi connectivity index (χ1) is 14.3. The maximum absolute atomic E-state index is 13.2. The fourth-order valence-corrected chi connectivity index (χ4v) is 4.12. The summed E-state index contributed by atoms with van der Waals surface area (Å²) in [5.74, 6) is -1.32. The van der Waals surface area contributed by atoms with Crippen LogP contribution in [0.2, 0.25) is 0 Å². The van der Waals surface area contributed by atoms with Crippen LogP contribution < -0.4 is 14.8 Å². The Morgan fingerprint density at radius 2 is 1.77 bits per heavy atom. The Labute approximate surface area is 176 Å². The van der Waals surface area contributed by atoms with Gasteiger partial charge in [0.2, 0.25) is 11.8 Å². The molecule has 0 spiro atoms. The van der Waals surface area contributed by atoms with Crippen molar-refractivity contribution in [1.29, 1.82) is 0 Å². The molecule has 1 heterocycles. The van der Waals surface area contributed by atoms with Gasteiger partial charge in [0, 0.05) is 37.6 Å². The van der Waals surface area contributed by atoms with Crippen LogP contribution in [0.1, 0.15) is 63.9 Å². The van der Waals surface area contributed by atoms with Crippen LogP contribution >= 0.6 is 0 Å². The summed E-state index contributed by atoms with van der Waals surface area (Å²) in [7, 11) is 0. The second kappa shape index (κ2) is 10.2. The zero-order valence-corrected chi connectivity index (χ0v) is 17.6. The highest BCUT2D eigenvalue weighted by atomic mass is 19.3. The van der Waals surface area contributed by atoms with Crippen LogP contribution in [0.15, 0.2) is 18.2 Å². The Bertz CT molecular complexity index is 743. The number of hydrogen-bond acceptors (Lipinski definition) is 4. The van der Waals surface area contributed by atoms with E-state index >= 15 is 0 Å². The minimum Gasteiger partial charge on any atom is -0.486 e. The molecule has 1 aromatic rings. The molecule has 30 heavy (non-hydrogen) atoms. The Morgan fingerprint density at radius 1 is 1.10 bits per heavy atom. The molecule has 1 aliphatic heterocycles. The fraction of sp³-hybridized carbons (Fsp3) is 0.652. The van der Waals surface area contributed by atoms with Crippen LogP contribution in [-0.4, -0.2) is 36.9 Å². The van der Waals surface area contributed by atoms with Crippen LogP contribution in [0.3, 0.4) is 0 Å². The number of benzene rings is 1. The first kappa shape index (κ1) is 22.5. The lowest BCUT2D eigenvalue weighted by Gasteiger charge is -2.27. The summed E-state index contributed by atoms with van der Waals surface area (Å²) in [5, 5.41) is 2.99. The van der Waals surface area contributed by atoms with Crippen LogP contribution in [0.5, 0.6) is 11.5 Å². The first-order valence-corrected chi connectivity index (χ1v) is 10.9. The van der Waals surface area contributed by atoms with Gasteiger partial charge in [0.05, 0.1) is 0 Å². The molecule has 0 saturated heterocycles. The van der Waals surface area contributed by atoms with E-state index in [0.29, 0.717) is 45.3 Å². The van der Waals surface area contributed by atoms with Gasteiger partial charge in [0.1, 0.15) is 19.0 Å². The average molecular weight is 424 g/mol. The van der Waals surface area contributed by atoms with E-state index in [1.165, 1.54) is 0 Å². The molecule has 0 bridgehead atoms. The lowest BCUT2D eigenvalue weighted by atomic mass is 9.83. The van der Waals surface area contributed by atoms with Crippen LogP contribution in [0.25, 0.3) is 0 Å². The van der Waals surface area contributed by atoms with E-state index in [-0.39, 0.29) is 49.3 Å². The molecule has 1 unspecified atom stereocenters. The largest absolute Gasteiger partial charge is 0.486 e. The molecular weight excluding hydrogens is 392 g/mol. The predicted octanol–water partition coefficient (Wildman–Crippen LogP) is 4.46. The van der Waals surface area contributed by atoms with E-state index in [4.69, 9.17) is 9.47 Å². The smallest absolute Gasteiger partial charge is 0.248 e. The summed E-state index contributed by atoms with van der Waals surface area (Å²) >= 11 is 0. The van der Waals surface area contributed by atoms with Crippen molar-refractivity contribution in [1.82, 2.24) is 5.32 Å². The highest BCUT2D eigenvalue weighted by molar-refractivity contribution is 5.81. The lowest BCUT2D eigenvalue weighted by Crippen LogP contribution is -2.34. The molecule has 2 aliphatic rings. The van der Waals surface area contributed by atoms with Gasteiger partial charge in [0.15, 0.2) is 11.5 Å². The van der Waals surface area contributed by atoms with Crippen molar-refractivity contribution >= 4 is 11.7 Å². The van der Waals surface area contributed by atoms with Crippen LogP contribution in [-0.2, 0) is 16.0 Å². The second-order valence-corrected chi connectivity index (χ2v) is 8.45. The van der Waals surface area contributed by atoms with Gasteiger partial charge in [-0.15, -0.1) is 0 Å². The number of nitrogens with one attached hydrogen (secondary N) is 1. The summed E-state index contributed by atoms with van der Waals surface area (Å²) in [4.78, 5) is 24.3. The van der Waals surface area contributed by atoms with E-state index < -0.39 is 5.92 Å². The highest BCUT2D eigenvalue weighted by Gasteiger charge is 2.36. The molecule has 166 valence electrons. The van der Waals surface area contributed by atoms with E-state index in [9.17, 15) is 18.4 Å². The number of rotatable bonds is 9. The van der Waals surface area contributed by atoms with E-state index in [2.05, 4.69) is 5.32 Å². The minimum absolute atomic E-state index is 0.0226. The third-order valence-corrected chi connectivity index (χ3v) is 5.81. The zero-order valence-electron chi connectivity index (χ0n) is 17.6. The number of ether oxygens (including phenoxy) is 2. The topological polar surface area (TPSA) is 64.6 Å². The lowest BCUT2D eigenvalue weighted by molar-refractivity contribution is -0.127. The summed E-state index contributed by atoms with van der Waals surface area (Å²) in [6.45, 7) is 3.05. The molecule has 1 fully saturated rings. The van der Waals surface area contributed by atoms with Gasteiger partial charge >= 0.3 is 0 Å². The normalized spacial score (nSPS) is 19.2. The number of unbranched alkanes of at least 4 members (excludes halogenated alkanes) is 1. The van der Waals surface area contributed by atoms with Crippen LogP contribution in [0, 0.1) is 5.92 Å². The molecule has 7 heteroatoms. The number of carbonyl (C=O) groups excluding carboxylic acids is 2. The Kier molecular flexibility index (Phi) is 7.67. The van der Waals surface area contributed by atoms with Gasteiger partial charge in [-0.2, -0.15) is 0 Å². The standard InChI is InChI=1S/C23H31F2NO4/c1-16(14-17-6-7-20-21(15-17)30-13-12-29-20)26-22(28)5-3-2-4-19(27)18-8-10-23(24,25)11-9-18/h6-7,15-16,18H,2-5,8-14H2,1H3,(H,26,28). The molecule has 1 atom stereocenters. The monoisotopic (exact) mass is 423 g/mol. The molecule has 0 aromatic heterocycles. The molecule has 1 aliphatic carbocycles. The molecule has 3 rings (SSSR count). The van der Waals surface area contributed by atoms with Gasteiger partial charge < -0.3 is 14.8 Å². The number of carbonyl (C=O) groups is 2. The first-order valence-electron chi connectivity index (χ1n) is 10.9. The zero-order chi connectivity index (χ0) is 21.6. The number of ketones is 1. The van der Waals surface area contributed by atoms with Gasteiger partial charge in [-0.3, -0.25) is 9.59 Å². The third kappa shape index (κ3) is 6.67. The number of halogens is 2. The van der Waals surface area contributed by atoms with Crippen LogP contribution in [0.4, 0.5) is 8.78 Å². The number of fused-ring (bicyclic) bond motifs is 1. The highest BCUT2D eigenvalue weighted by Crippen LogP contribution is 2.37. The Hall–Kier alpha value is -2.18. The fourth-order valence-electron chi connectivity index (χ4n) is 4.12. The van der Waals surface area contributed by atoms with Gasteiger partial charge in [-0.05, 0) is 56.7 Å². The number of amides is 1. The summed E-state index contributed by atoms with van der Waals surface area (Å²) in [6.07, 6.45) is 2.85. The van der Waals surface area contributed by atoms with Gasteiger partial charge in [0.25, 0.3) is 0 Å². The quantitative estimate of drug-likeness (QED) is 0.596. The Morgan fingerprint density at radius 3 is 2.50 bits per heavy atom. The SMILES string of the molecule is CC(Cc1ccc2c(c1)OCCO2)NC(=O)CCCCC(=O)C1CCC(F)(F)CC1. The maximum Gasteiger partial charge on any atom is 0.248 e. The average Bonchev–Trinajstić information content (AvgIpc) is 2.70. The van der Waals surface area contributed by atoms with Gasteiger partial charge in [-0.25, -0.2) is 8.78 Å². The van der Waals surface area contributed by atoms with Crippen molar-refractivity contribution in [2.75, 3.05) is 13.2 Å². The van der Waals surface area contributed by atoms with E-state index in [0.717, 1.165) is 17.1 Å². The third-order valence-electron chi connectivity index (χ3n) is 5.81. The van der Waals surface area contributed by atoms with Crippen molar-refractivity contribution in [3.63, 3.8) is 0 Å². The second-order valence-electron chi connectivity index (χ2n) is 8.45. The number of Topliss-reactive ketones (excluding diaryl/α,β-unsaturated/α-hetero) is 1. The molecule has 5 nitrogen and oxygen atoms in total. The summed E-state index contributed by atoms with van der Waals surface area (Å²) < 4.78 is 37.5. The summed E-state index contributed by atoms with van der Waals surface area (Å²) in [6, 6.07) is 5.79. The van der Waals surface area contributed by atoms with E-state index in [1.807, 2.05) is 25.1 Å². The van der Waals surface area contributed by atoms with Crippen molar-refractivity contribution in [2.24, 2.45) is 5.92 Å². The number of alkyl halides is 2. The number of hydrogen-bond donors (Lipinski definition) is 1. The molecule has 1 saturated carbocycles. The van der Waals surface area contributed by atoms with E-state index in [1.54, 1.807) is 0 Å². The van der Waals surface area contributed by atoms with Crippen molar-refractivity contribution < 1.29 is 27.8 Å². The Balaban J connectivity index is 1.31. The molecule has 0 radical (unpaired) electrons. The van der Waals surface area contributed by atoms with Crippen molar-refractivity contribution in [2.45, 2.75) is 76.7 Å². The predicted molar refractivity (Wildman–Crippen MR) is 109 cm³/mol. The molecule has 1 N–H and O–H groups in total.